The Labute approximate surface area is 129 Å². The Hall–Kier alpha value is -1.92. The van der Waals surface area contributed by atoms with Crippen molar-refractivity contribution in [3.05, 3.63) is 35.9 Å². The highest BCUT2D eigenvalue weighted by Crippen LogP contribution is 2.40. The van der Waals surface area contributed by atoms with Crippen molar-refractivity contribution >= 4 is 11.7 Å². The lowest BCUT2D eigenvalue weighted by Gasteiger charge is -2.50. The predicted molar refractivity (Wildman–Crippen MR) is 84.6 cm³/mol. The van der Waals surface area contributed by atoms with E-state index in [9.17, 15) is 4.79 Å². The Morgan fingerprint density at radius 1 is 1.18 bits per heavy atom. The first kappa shape index (κ1) is 13.7. The van der Waals surface area contributed by atoms with Crippen molar-refractivity contribution in [2.75, 3.05) is 39.3 Å². The summed E-state index contributed by atoms with van der Waals surface area (Å²) in [6.07, 6.45) is 0. The van der Waals surface area contributed by atoms with E-state index in [4.69, 9.17) is 5.73 Å². The average Bonchev–Trinajstić information content (AvgIpc) is 2.75. The van der Waals surface area contributed by atoms with Gasteiger partial charge < -0.3 is 15.5 Å². The third-order valence-electron chi connectivity index (χ3n) is 5.17. The fraction of sp³-hybridized carbons (Fsp3) is 0.500. The number of hydrogen-bond acceptors (Lipinski definition) is 4. The second kappa shape index (κ2) is 5.07. The first-order valence-corrected chi connectivity index (χ1v) is 7.81. The summed E-state index contributed by atoms with van der Waals surface area (Å²) < 4.78 is 0. The quantitative estimate of drug-likeness (QED) is 0.767. The van der Waals surface area contributed by atoms with Crippen LogP contribution in [0.5, 0.6) is 0 Å². The van der Waals surface area contributed by atoms with Gasteiger partial charge in [0.1, 0.15) is 0 Å². The number of urea groups is 1. The van der Waals surface area contributed by atoms with E-state index in [1.807, 2.05) is 6.07 Å². The minimum Gasteiger partial charge on any atom is -0.350 e. The van der Waals surface area contributed by atoms with Crippen LogP contribution in [0.1, 0.15) is 5.56 Å². The molecule has 0 saturated carbocycles. The maximum Gasteiger partial charge on any atom is 0.332 e. The van der Waals surface area contributed by atoms with Crippen molar-refractivity contribution in [1.29, 1.82) is 0 Å². The molecule has 4 aliphatic heterocycles. The average molecular weight is 299 g/mol. The molecule has 1 aromatic rings. The van der Waals surface area contributed by atoms with Crippen LogP contribution >= 0.6 is 0 Å². The van der Waals surface area contributed by atoms with Crippen molar-refractivity contribution in [2.24, 2.45) is 16.8 Å². The third-order valence-corrected chi connectivity index (χ3v) is 5.17. The molecule has 2 amide bonds. The van der Waals surface area contributed by atoms with E-state index in [1.54, 1.807) is 0 Å². The van der Waals surface area contributed by atoms with E-state index >= 15 is 0 Å². The van der Waals surface area contributed by atoms with Gasteiger partial charge in [-0.1, -0.05) is 30.3 Å². The van der Waals surface area contributed by atoms with E-state index in [0.29, 0.717) is 5.92 Å². The van der Waals surface area contributed by atoms with Crippen molar-refractivity contribution in [1.82, 2.24) is 15.2 Å². The van der Waals surface area contributed by atoms with Gasteiger partial charge in [-0.3, -0.25) is 0 Å². The van der Waals surface area contributed by atoms with Gasteiger partial charge in [-0.05, 0) is 5.56 Å². The molecule has 5 rings (SSSR count). The molecule has 4 heterocycles. The van der Waals surface area contributed by atoms with Gasteiger partial charge in [-0.25, -0.2) is 10.2 Å². The van der Waals surface area contributed by atoms with Crippen LogP contribution in [-0.2, 0) is 5.41 Å². The molecule has 0 aromatic heterocycles. The summed E-state index contributed by atoms with van der Waals surface area (Å²) >= 11 is 0. The molecule has 2 atom stereocenters. The summed E-state index contributed by atoms with van der Waals surface area (Å²) in [6.45, 7) is 6.19. The summed E-state index contributed by atoms with van der Waals surface area (Å²) in [5.74, 6) is 0.358. The Morgan fingerprint density at radius 2 is 1.82 bits per heavy atom. The topological polar surface area (TPSA) is 74.0 Å². The summed E-state index contributed by atoms with van der Waals surface area (Å²) in [5.41, 5.74) is 9.94. The number of nitrogens with two attached hydrogens (primary N) is 1. The predicted octanol–water partition coefficient (Wildman–Crippen LogP) is 0.210. The molecule has 0 radical (unpaired) electrons. The van der Waals surface area contributed by atoms with Crippen LogP contribution in [0.4, 0.5) is 4.79 Å². The van der Waals surface area contributed by atoms with E-state index in [1.165, 1.54) is 5.56 Å². The molecule has 4 fully saturated rings. The van der Waals surface area contributed by atoms with Gasteiger partial charge >= 0.3 is 6.03 Å². The zero-order chi connectivity index (χ0) is 15.2. The smallest absolute Gasteiger partial charge is 0.332 e. The first-order valence-electron chi connectivity index (χ1n) is 7.81. The van der Waals surface area contributed by atoms with Gasteiger partial charge in [-0.15, -0.1) is 0 Å². The summed E-state index contributed by atoms with van der Waals surface area (Å²) in [6, 6.07) is 9.95. The Kier molecular flexibility index (Phi) is 3.16. The van der Waals surface area contributed by atoms with Crippen molar-refractivity contribution in [3.63, 3.8) is 0 Å². The molecule has 3 N–H and O–H groups in total. The van der Waals surface area contributed by atoms with Crippen LogP contribution < -0.4 is 11.2 Å². The maximum absolute atomic E-state index is 11.1. The zero-order valence-corrected chi connectivity index (χ0v) is 12.5. The standard InChI is InChI=1S/C16H21N5O/c17-15(22)19-18-14-12-8-20-6-7-21(9-12)11-16(14,10-20)13-4-2-1-3-5-13/h1-5,12H,6-11H2,(H3,17,19,22)/b18-14+. The third kappa shape index (κ3) is 2.10. The minimum atomic E-state index is -0.594. The minimum absolute atomic E-state index is 0.138. The number of fused-ring (bicyclic) bond motifs is 1. The Morgan fingerprint density at radius 3 is 2.41 bits per heavy atom. The fourth-order valence-corrected chi connectivity index (χ4v) is 4.37. The monoisotopic (exact) mass is 299 g/mol. The van der Waals surface area contributed by atoms with E-state index in [-0.39, 0.29) is 5.41 Å². The molecular formula is C16H21N5O. The largest absolute Gasteiger partial charge is 0.350 e. The van der Waals surface area contributed by atoms with Crippen LogP contribution in [0, 0.1) is 5.92 Å². The molecule has 1 aromatic carbocycles. The number of hydrazone groups is 1. The molecule has 4 saturated heterocycles. The molecular weight excluding hydrogens is 278 g/mol. The number of amides is 2. The highest BCUT2D eigenvalue weighted by molar-refractivity contribution is 5.99. The number of carbonyl (C=O) groups excluding carboxylic acids is 1. The van der Waals surface area contributed by atoms with E-state index in [0.717, 1.165) is 45.0 Å². The molecule has 6 nitrogen and oxygen atoms in total. The lowest BCUT2D eigenvalue weighted by atomic mass is 9.66. The van der Waals surface area contributed by atoms with Gasteiger partial charge in [-0.2, -0.15) is 5.10 Å². The van der Waals surface area contributed by atoms with Crippen LogP contribution in [0.2, 0.25) is 0 Å². The lowest BCUT2D eigenvalue weighted by molar-refractivity contribution is 0.163. The Balaban J connectivity index is 1.82. The second-order valence-corrected chi connectivity index (χ2v) is 6.59. The molecule has 22 heavy (non-hydrogen) atoms. The van der Waals surface area contributed by atoms with E-state index < -0.39 is 6.03 Å². The molecule has 4 bridgehead atoms. The van der Waals surface area contributed by atoms with Gasteiger partial charge in [0, 0.05) is 45.2 Å². The van der Waals surface area contributed by atoms with Gasteiger partial charge in [0.15, 0.2) is 0 Å². The highest BCUT2D eigenvalue weighted by Gasteiger charge is 2.53. The van der Waals surface area contributed by atoms with Crippen LogP contribution in [0.15, 0.2) is 35.4 Å². The van der Waals surface area contributed by atoms with Crippen molar-refractivity contribution in [3.8, 4) is 0 Å². The molecule has 0 spiro atoms. The van der Waals surface area contributed by atoms with E-state index in [2.05, 4.69) is 44.6 Å². The van der Waals surface area contributed by atoms with Gasteiger partial charge in [0.25, 0.3) is 0 Å². The summed E-state index contributed by atoms with van der Waals surface area (Å²) in [7, 11) is 0. The van der Waals surface area contributed by atoms with Crippen LogP contribution in [0.3, 0.4) is 0 Å². The molecule has 116 valence electrons. The fourth-order valence-electron chi connectivity index (χ4n) is 4.37. The number of hydrogen-bond donors (Lipinski definition) is 2. The second-order valence-electron chi connectivity index (χ2n) is 6.59. The first-order chi connectivity index (χ1) is 10.7. The van der Waals surface area contributed by atoms with Crippen molar-refractivity contribution in [2.45, 2.75) is 5.41 Å². The summed E-state index contributed by atoms with van der Waals surface area (Å²) in [5, 5.41) is 4.45. The number of piperidine rings is 2. The molecule has 0 aliphatic carbocycles. The van der Waals surface area contributed by atoms with Gasteiger partial charge in [0.2, 0.25) is 0 Å². The summed E-state index contributed by atoms with van der Waals surface area (Å²) in [4.78, 5) is 16.2. The number of nitrogens with zero attached hydrogens (tertiary/aromatic N) is 3. The molecule has 2 unspecified atom stereocenters. The number of carbonyl (C=O) groups is 1. The normalized spacial score (nSPS) is 38.0. The molecule has 6 heteroatoms. The lowest BCUT2D eigenvalue weighted by Crippen LogP contribution is -2.64. The number of benzene rings is 1. The highest BCUT2D eigenvalue weighted by atomic mass is 16.2. The zero-order valence-electron chi connectivity index (χ0n) is 12.5. The van der Waals surface area contributed by atoms with Crippen LogP contribution in [-0.4, -0.2) is 60.8 Å². The Bertz CT molecular complexity index is 598. The number of rotatable bonds is 2. The molecule has 4 aliphatic rings. The van der Waals surface area contributed by atoms with Gasteiger partial charge in [0.05, 0.1) is 11.1 Å². The number of nitrogens with one attached hydrogen (secondary N) is 1. The van der Waals surface area contributed by atoms with Crippen LogP contribution in [0.25, 0.3) is 0 Å². The maximum atomic E-state index is 11.1. The SMILES string of the molecule is NC(=O)N/N=C1\C2CN3CCN(C2)CC1(c1ccccc1)C3. The number of primary amides is 1. The van der Waals surface area contributed by atoms with Crippen molar-refractivity contribution < 1.29 is 4.79 Å².